The number of hydrogen-bond acceptors (Lipinski definition) is 5. The van der Waals surface area contributed by atoms with Crippen LogP contribution in [0, 0.1) is 0 Å². The third-order valence-corrected chi connectivity index (χ3v) is 4.92. The van der Waals surface area contributed by atoms with Gasteiger partial charge >= 0.3 is 0 Å². The Bertz CT molecular complexity index is 908. The average Bonchev–Trinajstić information content (AvgIpc) is 2.74. The van der Waals surface area contributed by atoms with Gasteiger partial charge in [0.05, 0.1) is 11.6 Å². The van der Waals surface area contributed by atoms with Crippen LogP contribution in [0.2, 0.25) is 5.02 Å². The van der Waals surface area contributed by atoms with Crippen LogP contribution < -0.4 is 19.5 Å². The lowest BCUT2D eigenvalue weighted by molar-refractivity contribution is 0.282. The largest absolute Gasteiger partial charge is 0.493 e. The molecule has 29 heavy (non-hydrogen) atoms. The Morgan fingerprint density at radius 1 is 1.03 bits per heavy atom. The van der Waals surface area contributed by atoms with Crippen LogP contribution in [0.1, 0.15) is 11.1 Å². The molecule has 0 saturated carbocycles. The first kappa shape index (κ1) is 21.4. The maximum atomic E-state index is 5.97. The van der Waals surface area contributed by atoms with E-state index in [1.807, 2.05) is 54.6 Å². The van der Waals surface area contributed by atoms with E-state index in [1.165, 1.54) is 0 Å². The zero-order valence-corrected chi connectivity index (χ0v) is 18.4. The highest BCUT2D eigenvalue weighted by molar-refractivity contribution is 9.10. The highest BCUT2D eigenvalue weighted by Gasteiger charge is 2.12. The second kappa shape index (κ2) is 11.0. The molecular weight excluding hydrogens is 456 g/mol. The van der Waals surface area contributed by atoms with E-state index in [0.717, 1.165) is 15.6 Å². The first-order valence-corrected chi connectivity index (χ1v) is 10.3. The minimum atomic E-state index is 0.425. The van der Waals surface area contributed by atoms with E-state index >= 15 is 0 Å². The van der Waals surface area contributed by atoms with Gasteiger partial charge in [-0.25, -0.2) is 4.98 Å². The molecule has 1 aromatic heterocycles. The van der Waals surface area contributed by atoms with Crippen LogP contribution in [0.25, 0.3) is 0 Å². The number of ether oxygens (including phenoxy) is 3. The van der Waals surface area contributed by atoms with Crippen molar-refractivity contribution < 1.29 is 14.2 Å². The summed E-state index contributed by atoms with van der Waals surface area (Å²) in [6, 6.07) is 17.2. The van der Waals surface area contributed by atoms with Gasteiger partial charge in [0.2, 0.25) is 5.88 Å². The normalized spacial score (nSPS) is 10.6. The van der Waals surface area contributed by atoms with E-state index in [2.05, 4.69) is 26.2 Å². The molecule has 0 saturated heterocycles. The van der Waals surface area contributed by atoms with Crippen LogP contribution in [0.4, 0.5) is 0 Å². The van der Waals surface area contributed by atoms with Gasteiger partial charge in [0.1, 0.15) is 13.2 Å². The molecule has 1 heterocycles. The smallest absolute Gasteiger partial charge is 0.213 e. The maximum Gasteiger partial charge on any atom is 0.213 e. The zero-order valence-electron chi connectivity index (χ0n) is 16.0. The first-order chi connectivity index (χ1) is 14.2. The number of nitrogens with zero attached hydrogens (tertiary/aromatic N) is 1. The highest BCUT2D eigenvalue weighted by atomic mass is 79.9. The molecule has 0 atom stereocenters. The standard InChI is InChI=1S/C22H22BrClN2O3/c1-27-20-13-17(14-25-10-11-28-21-4-2-3-9-26-21)12-19(23)22(20)29-15-16-5-7-18(24)8-6-16/h2-9,12-13,25H,10-11,14-15H2,1H3. The Hall–Kier alpha value is -2.28. The van der Waals surface area contributed by atoms with E-state index in [0.29, 0.717) is 48.7 Å². The lowest BCUT2D eigenvalue weighted by atomic mass is 10.2. The lowest BCUT2D eigenvalue weighted by Crippen LogP contribution is -2.20. The van der Waals surface area contributed by atoms with Crippen molar-refractivity contribution in [2.75, 3.05) is 20.3 Å². The van der Waals surface area contributed by atoms with Crippen molar-refractivity contribution in [2.24, 2.45) is 0 Å². The van der Waals surface area contributed by atoms with Gasteiger partial charge < -0.3 is 19.5 Å². The number of pyridine rings is 1. The molecule has 5 nitrogen and oxygen atoms in total. The number of nitrogens with one attached hydrogen (secondary N) is 1. The number of aromatic nitrogens is 1. The Morgan fingerprint density at radius 3 is 2.59 bits per heavy atom. The minimum Gasteiger partial charge on any atom is -0.493 e. The fourth-order valence-electron chi connectivity index (χ4n) is 2.64. The van der Waals surface area contributed by atoms with Crippen LogP contribution in [0.3, 0.4) is 0 Å². The van der Waals surface area contributed by atoms with Crippen molar-refractivity contribution in [3.63, 3.8) is 0 Å². The minimum absolute atomic E-state index is 0.425. The first-order valence-electron chi connectivity index (χ1n) is 9.14. The molecule has 3 aromatic rings. The van der Waals surface area contributed by atoms with Gasteiger partial charge in [-0.05, 0) is 57.4 Å². The number of hydrogen-bond donors (Lipinski definition) is 1. The van der Waals surface area contributed by atoms with Gasteiger partial charge in [0, 0.05) is 30.4 Å². The number of rotatable bonds is 10. The summed E-state index contributed by atoms with van der Waals surface area (Å²) in [5, 5.41) is 4.05. The second-order valence-corrected chi connectivity index (χ2v) is 7.51. The summed E-state index contributed by atoms with van der Waals surface area (Å²) in [4.78, 5) is 4.13. The predicted molar refractivity (Wildman–Crippen MR) is 118 cm³/mol. The van der Waals surface area contributed by atoms with Crippen molar-refractivity contribution in [1.82, 2.24) is 10.3 Å². The molecular formula is C22H22BrClN2O3. The van der Waals surface area contributed by atoms with Gasteiger partial charge in [0.25, 0.3) is 0 Å². The quantitative estimate of drug-likeness (QED) is 0.404. The maximum absolute atomic E-state index is 5.97. The molecule has 0 radical (unpaired) electrons. The van der Waals surface area contributed by atoms with Crippen LogP contribution >= 0.6 is 27.5 Å². The molecule has 2 aromatic carbocycles. The van der Waals surface area contributed by atoms with Crippen LogP contribution in [-0.2, 0) is 13.2 Å². The molecule has 0 aliphatic heterocycles. The number of benzene rings is 2. The van der Waals surface area contributed by atoms with Gasteiger partial charge in [0.15, 0.2) is 11.5 Å². The van der Waals surface area contributed by atoms with Crippen molar-refractivity contribution in [2.45, 2.75) is 13.2 Å². The third kappa shape index (κ3) is 6.63. The SMILES string of the molecule is COc1cc(CNCCOc2ccccn2)cc(Br)c1OCc1ccc(Cl)cc1. The molecule has 0 unspecified atom stereocenters. The molecule has 0 aliphatic carbocycles. The Kier molecular flexibility index (Phi) is 8.16. The fourth-order valence-corrected chi connectivity index (χ4v) is 3.37. The molecule has 0 aliphatic rings. The molecule has 0 bridgehead atoms. The van der Waals surface area contributed by atoms with E-state index in [-0.39, 0.29) is 0 Å². The summed E-state index contributed by atoms with van der Waals surface area (Å²) in [5.74, 6) is 1.97. The summed E-state index contributed by atoms with van der Waals surface area (Å²) in [6.07, 6.45) is 1.71. The van der Waals surface area contributed by atoms with Crippen LogP contribution in [0.5, 0.6) is 17.4 Å². The lowest BCUT2D eigenvalue weighted by Gasteiger charge is -2.15. The summed E-state index contributed by atoms with van der Waals surface area (Å²) < 4.78 is 17.9. The molecule has 152 valence electrons. The fraction of sp³-hybridized carbons (Fsp3) is 0.227. The van der Waals surface area contributed by atoms with Gasteiger partial charge in [-0.15, -0.1) is 0 Å². The molecule has 3 rings (SSSR count). The van der Waals surface area contributed by atoms with E-state index in [1.54, 1.807) is 13.3 Å². The second-order valence-electron chi connectivity index (χ2n) is 6.22. The molecule has 0 spiro atoms. The average molecular weight is 478 g/mol. The summed E-state index contributed by atoms with van der Waals surface area (Å²) in [5.41, 5.74) is 2.10. The van der Waals surface area contributed by atoms with Crippen molar-refractivity contribution in [3.8, 4) is 17.4 Å². The number of halogens is 2. The Labute approximate surface area is 184 Å². The monoisotopic (exact) mass is 476 g/mol. The molecule has 0 fully saturated rings. The Balaban J connectivity index is 1.52. The van der Waals surface area contributed by atoms with Crippen molar-refractivity contribution in [3.05, 3.63) is 81.4 Å². The molecule has 1 N–H and O–H groups in total. The zero-order chi connectivity index (χ0) is 20.5. The van der Waals surface area contributed by atoms with Gasteiger partial charge in [-0.3, -0.25) is 0 Å². The third-order valence-electron chi connectivity index (χ3n) is 4.08. The molecule has 0 amide bonds. The van der Waals surface area contributed by atoms with Crippen LogP contribution in [0.15, 0.2) is 65.3 Å². The highest BCUT2D eigenvalue weighted by Crippen LogP contribution is 2.37. The van der Waals surface area contributed by atoms with E-state index in [4.69, 9.17) is 25.8 Å². The summed E-state index contributed by atoms with van der Waals surface area (Å²) in [6.45, 7) is 2.34. The van der Waals surface area contributed by atoms with E-state index < -0.39 is 0 Å². The van der Waals surface area contributed by atoms with Crippen LogP contribution in [-0.4, -0.2) is 25.2 Å². The topological polar surface area (TPSA) is 52.6 Å². The summed E-state index contributed by atoms with van der Waals surface area (Å²) >= 11 is 9.52. The van der Waals surface area contributed by atoms with Gasteiger partial charge in [-0.2, -0.15) is 0 Å². The van der Waals surface area contributed by atoms with Gasteiger partial charge in [-0.1, -0.05) is 29.8 Å². The number of methoxy groups -OCH3 is 1. The summed E-state index contributed by atoms with van der Waals surface area (Å²) in [7, 11) is 1.63. The van der Waals surface area contributed by atoms with E-state index in [9.17, 15) is 0 Å². The van der Waals surface area contributed by atoms with Crippen molar-refractivity contribution in [1.29, 1.82) is 0 Å². The predicted octanol–water partition coefficient (Wildman–Crippen LogP) is 5.25. The Morgan fingerprint density at radius 2 is 1.86 bits per heavy atom. The van der Waals surface area contributed by atoms with Crippen molar-refractivity contribution >= 4 is 27.5 Å². The molecule has 7 heteroatoms.